The number of hydrogen-bond donors (Lipinski definition) is 0. The lowest BCUT2D eigenvalue weighted by Gasteiger charge is -2.14. The van der Waals surface area contributed by atoms with Crippen LogP contribution in [0.1, 0.15) is 35.3 Å². The monoisotopic (exact) mass is 226 g/mol. The highest BCUT2D eigenvalue weighted by atomic mass is 35.5. The van der Waals surface area contributed by atoms with Crippen LogP contribution in [-0.2, 0) is 0 Å². The summed E-state index contributed by atoms with van der Waals surface area (Å²) in [5.74, 6) is 0.647. The number of carbonyl (C=O) groups is 1. The quantitative estimate of drug-likeness (QED) is 0.737. The van der Waals surface area contributed by atoms with Gasteiger partial charge in [-0.1, -0.05) is 11.6 Å². The van der Waals surface area contributed by atoms with E-state index < -0.39 is 0 Å². The maximum atomic E-state index is 11.5. The maximum absolute atomic E-state index is 11.5. The largest absolute Gasteiger partial charge is 0.493 e. The zero-order chi connectivity index (χ0) is 11.6. The Morgan fingerprint density at radius 1 is 1.47 bits per heavy atom. The van der Waals surface area contributed by atoms with Gasteiger partial charge in [-0.05, 0) is 44.9 Å². The Labute approximate surface area is 95.2 Å². The van der Waals surface area contributed by atoms with E-state index in [0.29, 0.717) is 22.9 Å². The van der Waals surface area contributed by atoms with Crippen LogP contribution < -0.4 is 4.74 Å². The Bertz CT molecular complexity index is 397. The number of rotatable bonds is 3. The predicted octanol–water partition coefficient (Wildman–Crippen LogP) is 3.56. The molecule has 0 unspecified atom stereocenters. The van der Waals surface area contributed by atoms with Crippen LogP contribution in [0, 0.1) is 13.8 Å². The Kier molecular flexibility index (Phi) is 3.75. The number of benzene rings is 1. The van der Waals surface area contributed by atoms with E-state index in [1.165, 1.54) is 6.92 Å². The van der Waals surface area contributed by atoms with Crippen LogP contribution in [0.4, 0.5) is 0 Å². The molecule has 0 saturated carbocycles. The highest BCUT2D eigenvalue weighted by Crippen LogP contribution is 2.32. The average molecular weight is 227 g/mol. The second-order valence-electron chi connectivity index (χ2n) is 3.49. The van der Waals surface area contributed by atoms with Crippen molar-refractivity contribution in [3.8, 4) is 5.75 Å². The molecular formula is C12H15ClO2. The Morgan fingerprint density at radius 2 is 2.07 bits per heavy atom. The van der Waals surface area contributed by atoms with Crippen LogP contribution in [-0.4, -0.2) is 12.4 Å². The van der Waals surface area contributed by atoms with Gasteiger partial charge in [-0.2, -0.15) is 0 Å². The number of ether oxygens (including phenoxy) is 1. The number of ketones is 1. The minimum absolute atomic E-state index is 0.0125. The molecule has 0 amide bonds. The van der Waals surface area contributed by atoms with Crippen LogP contribution >= 0.6 is 11.6 Å². The summed E-state index contributed by atoms with van der Waals surface area (Å²) in [6, 6.07) is 1.83. The van der Waals surface area contributed by atoms with Gasteiger partial charge in [-0.25, -0.2) is 0 Å². The van der Waals surface area contributed by atoms with Gasteiger partial charge in [0.25, 0.3) is 0 Å². The Hall–Kier alpha value is -1.02. The fourth-order valence-electron chi connectivity index (χ4n) is 1.61. The first-order chi connectivity index (χ1) is 6.99. The van der Waals surface area contributed by atoms with Gasteiger partial charge in [0.2, 0.25) is 0 Å². The summed E-state index contributed by atoms with van der Waals surface area (Å²) in [7, 11) is 0. The van der Waals surface area contributed by atoms with Gasteiger partial charge in [0, 0.05) is 5.02 Å². The lowest BCUT2D eigenvalue weighted by molar-refractivity contribution is 0.101. The van der Waals surface area contributed by atoms with E-state index >= 15 is 0 Å². The topological polar surface area (TPSA) is 26.3 Å². The molecule has 15 heavy (non-hydrogen) atoms. The molecular weight excluding hydrogens is 212 g/mol. The third-order valence-corrected chi connectivity index (χ3v) is 2.70. The van der Waals surface area contributed by atoms with Crippen LogP contribution in [0.3, 0.4) is 0 Å². The summed E-state index contributed by atoms with van der Waals surface area (Å²) in [5, 5.41) is 0.612. The van der Waals surface area contributed by atoms with Gasteiger partial charge in [0.1, 0.15) is 5.75 Å². The van der Waals surface area contributed by atoms with E-state index in [2.05, 4.69) is 0 Å². The molecule has 82 valence electrons. The van der Waals surface area contributed by atoms with E-state index in [1.807, 2.05) is 26.8 Å². The average Bonchev–Trinajstić information content (AvgIpc) is 2.14. The van der Waals surface area contributed by atoms with Crippen molar-refractivity contribution in [3.63, 3.8) is 0 Å². The van der Waals surface area contributed by atoms with Crippen molar-refractivity contribution < 1.29 is 9.53 Å². The van der Waals surface area contributed by atoms with Gasteiger partial charge >= 0.3 is 0 Å². The molecule has 2 nitrogen and oxygen atoms in total. The molecule has 0 N–H and O–H groups in total. The van der Waals surface area contributed by atoms with E-state index in [9.17, 15) is 4.79 Å². The summed E-state index contributed by atoms with van der Waals surface area (Å²) in [6.45, 7) is 7.69. The molecule has 0 aliphatic heterocycles. The molecule has 0 fully saturated rings. The van der Waals surface area contributed by atoms with E-state index in [4.69, 9.17) is 16.3 Å². The van der Waals surface area contributed by atoms with E-state index in [-0.39, 0.29) is 5.78 Å². The number of aryl methyl sites for hydroxylation is 1. The fraction of sp³-hybridized carbons (Fsp3) is 0.417. The molecule has 0 radical (unpaired) electrons. The van der Waals surface area contributed by atoms with Crippen molar-refractivity contribution in [2.45, 2.75) is 27.7 Å². The molecule has 0 atom stereocenters. The number of Topliss-reactive ketones (excluding diaryl/α,β-unsaturated/α-hetero) is 1. The predicted molar refractivity (Wildman–Crippen MR) is 62.1 cm³/mol. The normalized spacial score (nSPS) is 10.2. The standard InChI is InChI=1S/C12H15ClO2/c1-5-15-12-7(2)6-10(13)8(3)11(12)9(4)14/h6H,5H2,1-4H3. The minimum Gasteiger partial charge on any atom is -0.493 e. The van der Waals surface area contributed by atoms with Crippen LogP contribution in [0.2, 0.25) is 5.02 Å². The van der Waals surface area contributed by atoms with Crippen LogP contribution in [0.5, 0.6) is 5.75 Å². The molecule has 0 aliphatic carbocycles. The third kappa shape index (κ3) is 2.32. The van der Waals surface area contributed by atoms with E-state index in [1.54, 1.807) is 0 Å². The molecule has 0 heterocycles. The SMILES string of the molecule is CCOc1c(C)cc(Cl)c(C)c1C(C)=O. The highest BCUT2D eigenvalue weighted by Gasteiger charge is 2.16. The Balaban J connectivity index is 3.47. The third-order valence-electron chi connectivity index (χ3n) is 2.30. The lowest BCUT2D eigenvalue weighted by Crippen LogP contribution is -2.05. The zero-order valence-corrected chi connectivity index (χ0v) is 10.2. The smallest absolute Gasteiger partial charge is 0.163 e. The first kappa shape index (κ1) is 12.1. The van der Waals surface area contributed by atoms with E-state index in [0.717, 1.165) is 11.1 Å². The van der Waals surface area contributed by atoms with Crippen molar-refractivity contribution in [1.82, 2.24) is 0 Å². The number of hydrogen-bond acceptors (Lipinski definition) is 2. The zero-order valence-electron chi connectivity index (χ0n) is 9.48. The molecule has 0 aromatic heterocycles. The number of halogens is 1. The van der Waals surface area contributed by atoms with Crippen LogP contribution in [0.15, 0.2) is 6.07 Å². The first-order valence-corrected chi connectivity index (χ1v) is 5.30. The molecule has 0 spiro atoms. The Morgan fingerprint density at radius 3 is 2.53 bits per heavy atom. The summed E-state index contributed by atoms with van der Waals surface area (Å²) in [5.41, 5.74) is 2.29. The molecule has 0 saturated heterocycles. The van der Waals surface area contributed by atoms with Crippen molar-refractivity contribution in [2.75, 3.05) is 6.61 Å². The van der Waals surface area contributed by atoms with Crippen molar-refractivity contribution in [1.29, 1.82) is 0 Å². The van der Waals surface area contributed by atoms with Gasteiger partial charge in [0.15, 0.2) is 5.78 Å². The van der Waals surface area contributed by atoms with Gasteiger partial charge < -0.3 is 4.74 Å². The molecule has 1 aromatic rings. The minimum atomic E-state index is -0.0125. The second kappa shape index (κ2) is 4.67. The summed E-state index contributed by atoms with van der Waals surface area (Å²) in [6.07, 6.45) is 0. The van der Waals surface area contributed by atoms with Crippen molar-refractivity contribution in [2.24, 2.45) is 0 Å². The number of carbonyl (C=O) groups excluding carboxylic acids is 1. The summed E-state index contributed by atoms with van der Waals surface area (Å²) in [4.78, 5) is 11.5. The van der Waals surface area contributed by atoms with Crippen LogP contribution in [0.25, 0.3) is 0 Å². The molecule has 3 heteroatoms. The molecule has 0 aliphatic rings. The second-order valence-corrected chi connectivity index (χ2v) is 3.90. The van der Waals surface area contributed by atoms with Gasteiger partial charge in [-0.3, -0.25) is 4.79 Å². The molecule has 1 aromatic carbocycles. The van der Waals surface area contributed by atoms with Gasteiger partial charge in [-0.15, -0.1) is 0 Å². The first-order valence-electron chi connectivity index (χ1n) is 4.92. The highest BCUT2D eigenvalue weighted by molar-refractivity contribution is 6.32. The van der Waals surface area contributed by atoms with Gasteiger partial charge in [0.05, 0.1) is 12.2 Å². The summed E-state index contributed by atoms with van der Waals surface area (Å²) < 4.78 is 5.49. The lowest BCUT2D eigenvalue weighted by atomic mass is 10.0. The van der Waals surface area contributed by atoms with Crippen molar-refractivity contribution in [3.05, 3.63) is 27.8 Å². The maximum Gasteiger partial charge on any atom is 0.163 e. The molecule has 0 bridgehead atoms. The fourth-order valence-corrected chi connectivity index (χ4v) is 1.86. The summed E-state index contributed by atoms with van der Waals surface area (Å²) >= 11 is 6.03. The van der Waals surface area contributed by atoms with Crippen molar-refractivity contribution >= 4 is 17.4 Å². The molecule has 1 rings (SSSR count).